The van der Waals surface area contributed by atoms with Gasteiger partial charge in [-0.15, -0.1) is 0 Å². The van der Waals surface area contributed by atoms with Crippen molar-refractivity contribution in [2.24, 2.45) is 4.99 Å². The van der Waals surface area contributed by atoms with Crippen LogP contribution >= 0.6 is 15.9 Å². The average Bonchev–Trinajstić information content (AvgIpc) is 2.25. The van der Waals surface area contributed by atoms with Crippen LogP contribution in [-0.2, 0) is 9.47 Å². The molecule has 4 nitrogen and oxygen atoms in total. The molecule has 0 aliphatic carbocycles. The SMILES string of the molecule is COC=Nc1cc(Br)ccc1C(=O)OC. The number of nitrogens with zero attached hydrogens (tertiary/aromatic N) is 1. The second-order valence-electron chi connectivity index (χ2n) is 2.62. The minimum atomic E-state index is -0.425. The van der Waals surface area contributed by atoms with Crippen LogP contribution in [0, 0.1) is 0 Å². The minimum absolute atomic E-state index is 0.397. The van der Waals surface area contributed by atoms with E-state index >= 15 is 0 Å². The molecule has 1 aromatic rings. The van der Waals surface area contributed by atoms with Crippen LogP contribution < -0.4 is 0 Å². The van der Waals surface area contributed by atoms with Crippen molar-refractivity contribution in [3.8, 4) is 0 Å². The van der Waals surface area contributed by atoms with E-state index in [1.54, 1.807) is 18.2 Å². The summed E-state index contributed by atoms with van der Waals surface area (Å²) in [4.78, 5) is 15.3. The molecule has 0 saturated heterocycles. The Bertz CT molecular complexity index is 390. The van der Waals surface area contributed by atoms with Gasteiger partial charge in [0.05, 0.1) is 25.5 Å². The molecule has 0 aliphatic rings. The maximum atomic E-state index is 11.4. The first-order chi connectivity index (χ1) is 7.19. The first-order valence-electron chi connectivity index (χ1n) is 4.12. The van der Waals surface area contributed by atoms with Gasteiger partial charge in [-0.1, -0.05) is 15.9 Å². The normalized spacial score (nSPS) is 10.3. The zero-order chi connectivity index (χ0) is 11.3. The molecular weight excluding hydrogens is 262 g/mol. The molecule has 0 fully saturated rings. The van der Waals surface area contributed by atoms with Crippen molar-refractivity contribution in [2.75, 3.05) is 14.2 Å². The van der Waals surface area contributed by atoms with Crippen LogP contribution in [0.25, 0.3) is 0 Å². The van der Waals surface area contributed by atoms with Crippen molar-refractivity contribution in [2.45, 2.75) is 0 Å². The molecule has 0 saturated carbocycles. The predicted molar refractivity (Wildman–Crippen MR) is 60.6 cm³/mol. The van der Waals surface area contributed by atoms with Crippen molar-refractivity contribution in [1.29, 1.82) is 0 Å². The number of carbonyl (C=O) groups excluding carboxylic acids is 1. The second kappa shape index (κ2) is 5.50. The van der Waals surface area contributed by atoms with E-state index in [2.05, 4.69) is 25.7 Å². The Balaban J connectivity index is 3.14. The third-order valence-corrected chi connectivity index (χ3v) is 2.16. The van der Waals surface area contributed by atoms with Crippen molar-refractivity contribution in [1.82, 2.24) is 0 Å². The summed E-state index contributed by atoms with van der Waals surface area (Å²) in [5.41, 5.74) is 0.895. The molecule has 0 unspecified atom stereocenters. The van der Waals surface area contributed by atoms with E-state index in [0.29, 0.717) is 11.3 Å². The van der Waals surface area contributed by atoms with Gasteiger partial charge in [0.15, 0.2) is 6.40 Å². The average molecular weight is 272 g/mol. The van der Waals surface area contributed by atoms with Crippen LogP contribution in [0.1, 0.15) is 10.4 Å². The van der Waals surface area contributed by atoms with Crippen molar-refractivity contribution < 1.29 is 14.3 Å². The molecule has 1 aromatic carbocycles. The second-order valence-corrected chi connectivity index (χ2v) is 3.54. The molecule has 5 heteroatoms. The quantitative estimate of drug-likeness (QED) is 0.482. The zero-order valence-electron chi connectivity index (χ0n) is 8.36. The number of carbonyl (C=O) groups is 1. The third-order valence-electron chi connectivity index (χ3n) is 1.66. The van der Waals surface area contributed by atoms with Crippen LogP contribution in [-0.4, -0.2) is 26.6 Å². The van der Waals surface area contributed by atoms with Gasteiger partial charge in [0.2, 0.25) is 0 Å². The molecule has 0 atom stereocenters. The highest BCUT2D eigenvalue weighted by molar-refractivity contribution is 9.10. The summed E-state index contributed by atoms with van der Waals surface area (Å²) in [6, 6.07) is 5.10. The molecule has 0 N–H and O–H groups in total. The van der Waals surface area contributed by atoms with Gasteiger partial charge in [-0.25, -0.2) is 9.79 Å². The van der Waals surface area contributed by atoms with Gasteiger partial charge in [-0.2, -0.15) is 0 Å². The molecule has 80 valence electrons. The van der Waals surface area contributed by atoms with Gasteiger partial charge in [0.1, 0.15) is 0 Å². The minimum Gasteiger partial charge on any atom is -0.486 e. The maximum absolute atomic E-state index is 11.4. The van der Waals surface area contributed by atoms with Crippen molar-refractivity contribution in [3.05, 3.63) is 28.2 Å². The Kier molecular flexibility index (Phi) is 4.30. The van der Waals surface area contributed by atoms with Gasteiger partial charge < -0.3 is 9.47 Å². The first-order valence-corrected chi connectivity index (χ1v) is 4.91. The number of halogens is 1. The molecule has 0 aliphatic heterocycles. The van der Waals surface area contributed by atoms with Crippen molar-refractivity contribution >= 4 is 34.0 Å². The molecular formula is C10H10BrNO3. The molecule has 0 heterocycles. The van der Waals surface area contributed by atoms with Gasteiger partial charge in [-0.05, 0) is 18.2 Å². The summed E-state index contributed by atoms with van der Waals surface area (Å²) >= 11 is 3.29. The molecule has 0 bridgehead atoms. The van der Waals surface area contributed by atoms with Crippen LogP contribution in [0.3, 0.4) is 0 Å². The fraction of sp³-hybridized carbons (Fsp3) is 0.200. The molecule has 0 amide bonds. The lowest BCUT2D eigenvalue weighted by molar-refractivity contribution is 0.0601. The van der Waals surface area contributed by atoms with E-state index in [4.69, 9.17) is 4.74 Å². The Hall–Kier alpha value is -1.36. The summed E-state index contributed by atoms with van der Waals surface area (Å²) < 4.78 is 10.2. The van der Waals surface area contributed by atoms with E-state index in [1.165, 1.54) is 20.6 Å². The first kappa shape index (κ1) is 11.7. The zero-order valence-corrected chi connectivity index (χ0v) is 9.95. The Morgan fingerprint density at radius 2 is 2.20 bits per heavy atom. The number of esters is 1. The van der Waals surface area contributed by atoms with Gasteiger partial charge in [0.25, 0.3) is 0 Å². The number of benzene rings is 1. The van der Waals surface area contributed by atoms with Gasteiger partial charge in [0, 0.05) is 4.47 Å². The molecule has 0 spiro atoms. The predicted octanol–water partition coefficient (Wildman–Crippen LogP) is 2.54. The number of methoxy groups -OCH3 is 2. The van der Waals surface area contributed by atoms with Gasteiger partial charge >= 0.3 is 5.97 Å². The van der Waals surface area contributed by atoms with Gasteiger partial charge in [-0.3, -0.25) is 0 Å². The molecule has 0 radical (unpaired) electrons. The van der Waals surface area contributed by atoms with Crippen molar-refractivity contribution in [3.63, 3.8) is 0 Å². The maximum Gasteiger partial charge on any atom is 0.340 e. The molecule has 15 heavy (non-hydrogen) atoms. The lowest BCUT2D eigenvalue weighted by atomic mass is 10.2. The molecule has 1 rings (SSSR count). The summed E-state index contributed by atoms with van der Waals surface area (Å²) in [5, 5.41) is 0. The van der Waals surface area contributed by atoms with E-state index in [0.717, 1.165) is 4.47 Å². The number of hydrogen-bond donors (Lipinski definition) is 0. The highest BCUT2D eigenvalue weighted by Gasteiger charge is 2.10. The Morgan fingerprint density at radius 3 is 2.80 bits per heavy atom. The van der Waals surface area contributed by atoms with Crippen LogP contribution in [0.15, 0.2) is 27.7 Å². The topological polar surface area (TPSA) is 47.9 Å². The number of hydrogen-bond acceptors (Lipinski definition) is 4. The number of aliphatic imine (C=N–C) groups is 1. The lowest BCUT2D eigenvalue weighted by Gasteiger charge is -2.03. The van der Waals surface area contributed by atoms with Crippen LogP contribution in [0.2, 0.25) is 0 Å². The summed E-state index contributed by atoms with van der Waals surface area (Å²) in [6.07, 6.45) is 1.26. The molecule has 0 aromatic heterocycles. The monoisotopic (exact) mass is 271 g/mol. The smallest absolute Gasteiger partial charge is 0.340 e. The number of ether oxygens (including phenoxy) is 2. The lowest BCUT2D eigenvalue weighted by Crippen LogP contribution is -2.01. The van der Waals surface area contributed by atoms with E-state index in [1.807, 2.05) is 0 Å². The summed E-state index contributed by atoms with van der Waals surface area (Å²) in [7, 11) is 2.81. The van der Waals surface area contributed by atoms with Crippen LogP contribution in [0.5, 0.6) is 0 Å². The van der Waals surface area contributed by atoms with Crippen LogP contribution in [0.4, 0.5) is 5.69 Å². The van der Waals surface area contributed by atoms with E-state index < -0.39 is 5.97 Å². The van der Waals surface area contributed by atoms with E-state index in [-0.39, 0.29) is 0 Å². The number of rotatable bonds is 3. The summed E-state index contributed by atoms with van der Waals surface area (Å²) in [5.74, 6) is -0.425. The van der Waals surface area contributed by atoms with E-state index in [9.17, 15) is 4.79 Å². The standard InChI is InChI=1S/C10H10BrNO3/c1-14-6-12-9-5-7(11)3-4-8(9)10(13)15-2/h3-6H,1-2H3. The fourth-order valence-electron chi connectivity index (χ4n) is 1.00. The summed E-state index contributed by atoms with van der Waals surface area (Å²) in [6.45, 7) is 0. The highest BCUT2D eigenvalue weighted by atomic mass is 79.9. The Labute approximate surface area is 96.0 Å². The Morgan fingerprint density at radius 1 is 1.47 bits per heavy atom. The fourth-order valence-corrected chi connectivity index (χ4v) is 1.35. The third kappa shape index (κ3) is 3.06. The largest absolute Gasteiger partial charge is 0.486 e. The highest BCUT2D eigenvalue weighted by Crippen LogP contribution is 2.24.